The average molecular weight is 232 g/mol. The molecule has 98 valence electrons. The molecule has 0 fully saturated rings. The smallest absolute Gasteiger partial charge is 0.0928 e. The summed E-state index contributed by atoms with van der Waals surface area (Å²) in [6.45, 7) is 10.1. The number of ether oxygens (including phenoxy) is 2. The summed E-state index contributed by atoms with van der Waals surface area (Å²) in [6.07, 6.45) is 0.137. The standard InChI is InChI=1S/C12H28N2O2/c1-10(2)6-13-7-11(3)14-8-12(16-5)9-15-4/h10-14H,6-9H2,1-5H3. The van der Waals surface area contributed by atoms with Crippen molar-refractivity contribution in [2.24, 2.45) is 5.92 Å². The Morgan fingerprint density at radius 3 is 2.19 bits per heavy atom. The quantitative estimate of drug-likeness (QED) is 0.586. The van der Waals surface area contributed by atoms with E-state index < -0.39 is 0 Å². The van der Waals surface area contributed by atoms with E-state index in [1.807, 2.05) is 0 Å². The summed E-state index contributed by atoms with van der Waals surface area (Å²) in [5.74, 6) is 0.701. The maximum absolute atomic E-state index is 5.28. The Hall–Kier alpha value is -0.160. The second-order valence-electron chi connectivity index (χ2n) is 4.67. The fourth-order valence-corrected chi connectivity index (χ4v) is 1.39. The van der Waals surface area contributed by atoms with Crippen LogP contribution >= 0.6 is 0 Å². The van der Waals surface area contributed by atoms with Gasteiger partial charge in [0.25, 0.3) is 0 Å². The zero-order valence-corrected chi connectivity index (χ0v) is 11.4. The highest BCUT2D eigenvalue weighted by atomic mass is 16.5. The van der Waals surface area contributed by atoms with E-state index >= 15 is 0 Å². The number of hydrogen-bond acceptors (Lipinski definition) is 4. The highest BCUT2D eigenvalue weighted by Crippen LogP contribution is 1.91. The molecule has 4 heteroatoms. The molecule has 2 atom stereocenters. The molecule has 0 aromatic heterocycles. The van der Waals surface area contributed by atoms with Crippen molar-refractivity contribution in [3.05, 3.63) is 0 Å². The minimum atomic E-state index is 0.137. The van der Waals surface area contributed by atoms with Crippen molar-refractivity contribution < 1.29 is 9.47 Å². The van der Waals surface area contributed by atoms with Crippen molar-refractivity contribution in [2.75, 3.05) is 40.5 Å². The zero-order chi connectivity index (χ0) is 12.4. The van der Waals surface area contributed by atoms with E-state index in [-0.39, 0.29) is 6.10 Å². The van der Waals surface area contributed by atoms with Gasteiger partial charge in [-0.25, -0.2) is 0 Å². The van der Waals surface area contributed by atoms with Gasteiger partial charge < -0.3 is 20.1 Å². The molecule has 0 rings (SSSR count). The number of hydrogen-bond donors (Lipinski definition) is 2. The van der Waals surface area contributed by atoms with Gasteiger partial charge in [0, 0.05) is 33.4 Å². The van der Waals surface area contributed by atoms with Gasteiger partial charge in [-0.05, 0) is 19.4 Å². The van der Waals surface area contributed by atoms with Crippen LogP contribution in [-0.2, 0) is 9.47 Å². The molecule has 4 nitrogen and oxygen atoms in total. The Labute approximate surface area is 100 Å². The van der Waals surface area contributed by atoms with E-state index in [4.69, 9.17) is 9.47 Å². The van der Waals surface area contributed by atoms with Crippen molar-refractivity contribution >= 4 is 0 Å². The highest BCUT2D eigenvalue weighted by Gasteiger charge is 2.08. The van der Waals surface area contributed by atoms with E-state index in [0.717, 1.165) is 19.6 Å². The lowest BCUT2D eigenvalue weighted by molar-refractivity contribution is 0.0276. The van der Waals surface area contributed by atoms with Gasteiger partial charge in [-0.15, -0.1) is 0 Å². The molecule has 0 saturated carbocycles. The van der Waals surface area contributed by atoms with Crippen molar-refractivity contribution in [3.63, 3.8) is 0 Å². The monoisotopic (exact) mass is 232 g/mol. The molecule has 0 aliphatic rings. The zero-order valence-electron chi connectivity index (χ0n) is 11.4. The maximum Gasteiger partial charge on any atom is 0.0928 e. The van der Waals surface area contributed by atoms with Crippen LogP contribution in [0.25, 0.3) is 0 Å². The Kier molecular flexibility index (Phi) is 9.92. The van der Waals surface area contributed by atoms with Gasteiger partial charge >= 0.3 is 0 Å². The molecule has 0 amide bonds. The van der Waals surface area contributed by atoms with Gasteiger partial charge in [0.1, 0.15) is 0 Å². The van der Waals surface area contributed by atoms with E-state index in [1.54, 1.807) is 14.2 Å². The van der Waals surface area contributed by atoms with Crippen LogP contribution in [0.2, 0.25) is 0 Å². The first kappa shape index (κ1) is 15.8. The van der Waals surface area contributed by atoms with E-state index in [9.17, 15) is 0 Å². The molecule has 2 N–H and O–H groups in total. The first-order chi connectivity index (χ1) is 7.60. The highest BCUT2D eigenvalue weighted by molar-refractivity contribution is 4.68. The van der Waals surface area contributed by atoms with Crippen LogP contribution in [0.1, 0.15) is 20.8 Å². The fraction of sp³-hybridized carbons (Fsp3) is 1.00. The summed E-state index contributed by atoms with van der Waals surface area (Å²) in [6, 6.07) is 0.452. The van der Waals surface area contributed by atoms with Crippen LogP contribution < -0.4 is 10.6 Å². The second kappa shape index (κ2) is 10.0. The molecule has 0 spiro atoms. The lowest BCUT2D eigenvalue weighted by atomic mass is 10.2. The summed E-state index contributed by atoms with van der Waals surface area (Å²) in [7, 11) is 3.41. The lowest BCUT2D eigenvalue weighted by Gasteiger charge is -2.20. The minimum absolute atomic E-state index is 0.137. The molecule has 0 saturated heterocycles. The van der Waals surface area contributed by atoms with E-state index in [1.165, 1.54) is 0 Å². The van der Waals surface area contributed by atoms with E-state index in [2.05, 4.69) is 31.4 Å². The normalized spacial score (nSPS) is 15.4. The molecular weight excluding hydrogens is 204 g/mol. The molecule has 0 heterocycles. The third-order valence-electron chi connectivity index (χ3n) is 2.38. The molecule has 16 heavy (non-hydrogen) atoms. The number of rotatable bonds is 10. The molecule has 0 aromatic rings. The Bertz CT molecular complexity index is 154. The topological polar surface area (TPSA) is 42.5 Å². The van der Waals surface area contributed by atoms with Gasteiger partial charge in [0.2, 0.25) is 0 Å². The SMILES string of the molecule is COCC(CNC(C)CNCC(C)C)OC. The Morgan fingerprint density at radius 2 is 1.69 bits per heavy atom. The van der Waals surface area contributed by atoms with Gasteiger partial charge in [0.15, 0.2) is 0 Å². The first-order valence-electron chi connectivity index (χ1n) is 6.06. The Morgan fingerprint density at radius 1 is 1.00 bits per heavy atom. The summed E-state index contributed by atoms with van der Waals surface area (Å²) in [5, 5.41) is 6.85. The van der Waals surface area contributed by atoms with Crippen LogP contribution in [0.3, 0.4) is 0 Å². The summed E-state index contributed by atoms with van der Waals surface area (Å²) in [4.78, 5) is 0. The van der Waals surface area contributed by atoms with Crippen molar-refractivity contribution in [1.29, 1.82) is 0 Å². The van der Waals surface area contributed by atoms with Gasteiger partial charge in [-0.1, -0.05) is 13.8 Å². The largest absolute Gasteiger partial charge is 0.382 e. The molecule has 0 radical (unpaired) electrons. The summed E-state index contributed by atoms with van der Waals surface area (Å²) >= 11 is 0. The minimum Gasteiger partial charge on any atom is -0.382 e. The molecule has 0 aliphatic heterocycles. The predicted octanol–water partition coefficient (Wildman–Crippen LogP) is 0.872. The molecular formula is C12H28N2O2. The summed E-state index contributed by atoms with van der Waals surface area (Å²) in [5.41, 5.74) is 0. The Balaban J connectivity index is 3.50. The van der Waals surface area contributed by atoms with Crippen LogP contribution in [0.5, 0.6) is 0 Å². The number of nitrogens with one attached hydrogen (secondary N) is 2. The maximum atomic E-state index is 5.28. The van der Waals surface area contributed by atoms with Gasteiger partial charge in [-0.2, -0.15) is 0 Å². The lowest BCUT2D eigenvalue weighted by Crippen LogP contribution is -2.42. The van der Waals surface area contributed by atoms with Crippen LogP contribution in [0, 0.1) is 5.92 Å². The third kappa shape index (κ3) is 9.09. The van der Waals surface area contributed by atoms with Crippen molar-refractivity contribution in [1.82, 2.24) is 10.6 Å². The van der Waals surface area contributed by atoms with E-state index in [0.29, 0.717) is 18.6 Å². The van der Waals surface area contributed by atoms with Crippen molar-refractivity contribution in [2.45, 2.75) is 32.9 Å². The fourth-order valence-electron chi connectivity index (χ4n) is 1.39. The third-order valence-corrected chi connectivity index (χ3v) is 2.38. The molecule has 0 aromatic carbocycles. The summed E-state index contributed by atoms with van der Waals surface area (Å²) < 4.78 is 10.3. The predicted molar refractivity (Wildman–Crippen MR) is 67.8 cm³/mol. The second-order valence-corrected chi connectivity index (χ2v) is 4.67. The van der Waals surface area contributed by atoms with Gasteiger partial charge in [0.05, 0.1) is 12.7 Å². The van der Waals surface area contributed by atoms with Gasteiger partial charge in [-0.3, -0.25) is 0 Å². The van der Waals surface area contributed by atoms with Crippen molar-refractivity contribution in [3.8, 4) is 0 Å². The average Bonchev–Trinajstić information content (AvgIpc) is 2.23. The molecule has 2 unspecified atom stereocenters. The van der Waals surface area contributed by atoms with Crippen LogP contribution in [0.15, 0.2) is 0 Å². The molecule has 0 aliphatic carbocycles. The van der Waals surface area contributed by atoms with Crippen LogP contribution in [0.4, 0.5) is 0 Å². The number of methoxy groups -OCH3 is 2. The first-order valence-corrected chi connectivity index (χ1v) is 6.06. The van der Waals surface area contributed by atoms with Crippen LogP contribution in [-0.4, -0.2) is 52.6 Å². The molecule has 0 bridgehead atoms.